The Morgan fingerprint density at radius 3 is 0.596 bits per heavy atom. The van der Waals surface area contributed by atoms with Crippen molar-refractivity contribution in [3.05, 3.63) is 109 Å². The lowest BCUT2D eigenvalue weighted by Gasteiger charge is -2.33. The highest BCUT2D eigenvalue weighted by Gasteiger charge is 2.28. The van der Waals surface area contributed by atoms with Gasteiger partial charge in [0, 0.05) is 172 Å². The van der Waals surface area contributed by atoms with Crippen LogP contribution in [0.4, 0.5) is 86.1 Å². The maximum absolute atomic E-state index is 5.52. The van der Waals surface area contributed by atoms with E-state index in [1.807, 2.05) is 0 Å². The van der Waals surface area contributed by atoms with Crippen molar-refractivity contribution in [2.24, 2.45) is 0 Å². The largest absolute Gasteiger partial charge is 0.378 e. The van der Waals surface area contributed by atoms with Crippen LogP contribution in [-0.4, -0.2) is 99.5 Å². The highest BCUT2D eigenvalue weighted by Crippen LogP contribution is 2.45. The third kappa shape index (κ3) is 7.75. The molecule has 1 aliphatic heterocycles. The number of nitrogens with zero attached hydrogens (tertiary/aromatic N) is 12. The summed E-state index contributed by atoms with van der Waals surface area (Å²) in [5, 5.41) is 0. The third-order valence-electron chi connectivity index (χ3n) is 10.1. The molecule has 4 heterocycles. The first-order valence-electron chi connectivity index (χ1n) is 19.0. The Labute approximate surface area is 338 Å². The van der Waals surface area contributed by atoms with Gasteiger partial charge in [0.2, 0.25) is 0 Å². The molecule has 0 spiro atoms. The van der Waals surface area contributed by atoms with Gasteiger partial charge in [0.15, 0.2) is 0 Å². The molecule has 0 N–H and O–H groups in total. The molecule has 0 radical (unpaired) electrons. The zero-order valence-electron chi connectivity index (χ0n) is 35.3. The van der Waals surface area contributed by atoms with Gasteiger partial charge in [0.05, 0.1) is 0 Å². The maximum atomic E-state index is 5.52. The first-order chi connectivity index (χ1) is 27.2. The molecule has 0 fully saturated rings. The number of hydrogen-bond donors (Lipinski definition) is 0. The molecular formula is C45H54N12. The van der Waals surface area contributed by atoms with Crippen molar-refractivity contribution >= 4 is 86.1 Å². The quantitative estimate of drug-likeness (QED) is 0.141. The summed E-state index contributed by atoms with van der Waals surface area (Å²) in [5.41, 5.74) is 9.01. The van der Waals surface area contributed by atoms with Crippen LogP contribution in [-0.2, 0) is 0 Å². The average molecular weight is 763 g/mol. The highest BCUT2D eigenvalue weighted by atomic mass is 15.3. The highest BCUT2D eigenvalue weighted by molar-refractivity contribution is 5.86. The van der Waals surface area contributed by atoms with Crippen LogP contribution in [0, 0.1) is 0 Å². The fraction of sp³-hybridized carbons (Fsp3) is 0.267. The van der Waals surface area contributed by atoms with Gasteiger partial charge >= 0.3 is 0 Å². The van der Waals surface area contributed by atoms with Crippen LogP contribution in [0.25, 0.3) is 0 Å². The summed E-state index contributed by atoms with van der Waals surface area (Å²) >= 11 is 0. The summed E-state index contributed by atoms with van der Waals surface area (Å²) < 4.78 is 0. The average Bonchev–Trinajstić information content (AvgIpc) is 3.18. The number of pyridine rings is 3. The van der Waals surface area contributed by atoms with Crippen LogP contribution in [0.1, 0.15) is 0 Å². The molecule has 0 saturated carbocycles. The summed E-state index contributed by atoms with van der Waals surface area (Å²) in [4.78, 5) is 35.7. The molecule has 294 valence electrons. The van der Waals surface area contributed by atoms with E-state index in [2.05, 4.69) is 238 Å². The lowest BCUT2D eigenvalue weighted by atomic mass is 10.2. The Morgan fingerprint density at radius 1 is 0.263 bits per heavy atom. The fourth-order valence-electron chi connectivity index (χ4n) is 6.77. The molecule has 0 amide bonds. The molecule has 7 rings (SSSR count). The Balaban J connectivity index is 1.63. The molecule has 3 aromatic carbocycles. The topological polar surface area (TPSA) is 67.8 Å². The molecule has 6 aromatic rings. The van der Waals surface area contributed by atoms with E-state index >= 15 is 0 Å². The normalized spacial score (nSPS) is 12.1. The van der Waals surface area contributed by atoms with Crippen molar-refractivity contribution in [3.8, 4) is 0 Å². The van der Waals surface area contributed by atoms with Gasteiger partial charge in [-0.2, -0.15) is 0 Å². The molecular weight excluding hydrogens is 709 g/mol. The molecule has 1 aliphatic rings. The molecule has 57 heavy (non-hydrogen) atoms. The van der Waals surface area contributed by atoms with Gasteiger partial charge in [0.25, 0.3) is 0 Å². The minimum atomic E-state index is 0.713. The van der Waals surface area contributed by atoms with Crippen molar-refractivity contribution in [3.63, 3.8) is 0 Å². The second kappa shape index (κ2) is 15.4. The van der Waals surface area contributed by atoms with Crippen LogP contribution < -0.4 is 44.1 Å². The summed E-state index contributed by atoms with van der Waals surface area (Å²) in [6, 6.07) is 38.4. The van der Waals surface area contributed by atoms with Crippen LogP contribution >= 0.6 is 0 Å². The third-order valence-corrected chi connectivity index (χ3v) is 10.1. The smallest absolute Gasteiger partial charge is 0.143 e. The van der Waals surface area contributed by atoms with E-state index < -0.39 is 0 Å². The van der Waals surface area contributed by atoms with Crippen LogP contribution in [0.5, 0.6) is 0 Å². The number of anilines is 15. The number of hydrogen-bond acceptors (Lipinski definition) is 12. The molecule has 3 aromatic heterocycles. The Morgan fingerprint density at radius 2 is 0.439 bits per heavy atom. The Bertz CT molecular complexity index is 2000. The van der Waals surface area contributed by atoms with Gasteiger partial charge in [-0.25, -0.2) is 15.0 Å². The first-order valence-corrected chi connectivity index (χ1v) is 19.0. The molecule has 0 unspecified atom stereocenters. The van der Waals surface area contributed by atoms with Gasteiger partial charge < -0.3 is 29.4 Å². The molecule has 6 bridgehead atoms. The predicted molar refractivity (Wildman–Crippen MR) is 243 cm³/mol. The van der Waals surface area contributed by atoms with E-state index in [0.29, 0.717) is 34.9 Å². The summed E-state index contributed by atoms with van der Waals surface area (Å²) in [5.74, 6) is 4.28. The van der Waals surface area contributed by atoms with Crippen LogP contribution in [0.15, 0.2) is 109 Å². The SMILES string of the molecule is CN(C)c1ccc(N2c3cc(N(C)C)cc(n3)N(c3ccc(N(C)C)cc3)c3cc(N(C)C)cc(n3)N(c3ccc(N(C)C)cc3)c3cc(N(C)C)cc2n3)cc1. The van der Waals surface area contributed by atoms with Gasteiger partial charge in [-0.15, -0.1) is 0 Å². The lowest BCUT2D eigenvalue weighted by Crippen LogP contribution is -2.23. The van der Waals surface area contributed by atoms with E-state index in [0.717, 1.165) is 51.2 Å². The van der Waals surface area contributed by atoms with Crippen molar-refractivity contribution in [1.82, 2.24) is 15.0 Å². The van der Waals surface area contributed by atoms with E-state index in [-0.39, 0.29) is 0 Å². The standard InChI is InChI=1S/C45H54N12/c1-49(2)31-13-19-34(20-14-31)55-40-25-37(52(7)8)27-42(46-40)56(35-21-15-32(16-22-35)50(3)4)44-29-39(54(11)12)30-45(48-44)57(36-23-17-33(18-24-36)51(5)6)43-28-38(53(9)10)26-41(55)47-43/h13-30H,1-12H3. The Hall–Kier alpha value is -6.69. The van der Waals surface area contributed by atoms with Crippen molar-refractivity contribution < 1.29 is 0 Å². The molecule has 12 nitrogen and oxygen atoms in total. The monoisotopic (exact) mass is 762 g/mol. The van der Waals surface area contributed by atoms with Gasteiger partial charge in [-0.1, -0.05) is 0 Å². The number of fused-ring (bicyclic) bond motifs is 6. The van der Waals surface area contributed by atoms with Crippen LogP contribution in [0.2, 0.25) is 0 Å². The molecule has 0 atom stereocenters. The molecule has 12 heteroatoms. The zero-order chi connectivity index (χ0) is 40.7. The first kappa shape index (κ1) is 38.6. The zero-order valence-corrected chi connectivity index (χ0v) is 35.3. The van der Waals surface area contributed by atoms with Gasteiger partial charge in [-0.05, 0) is 72.8 Å². The minimum Gasteiger partial charge on any atom is -0.378 e. The summed E-state index contributed by atoms with van der Waals surface area (Å²) in [6.45, 7) is 0. The summed E-state index contributed by atoms with van der Waals surface area (Å²) in [7, 11) is 24.7. The number of aromatic nitrogens is 3. The van der Waals surface area contributed by atoms with Gasteiger partial charge in [0.1, 0.15) is 34.9 Å². The van der Waals surface area contributed by atoms with E-state index in [1.54, 1.807) is 0 Å². The number of benzene rings is 3. The predicted octanol–water partition coefficient (Wildman–Crippen LogP) is 8.99. The van der Waals surface area contributed by atoms with E-state index in [1.165, 1.54) is 0 Å². The Kier molecular flexibility index (Phi) is 10.5. The lowest BCUT2D eigenvalue weighted by molar-refractivity contribution is 1.02. The van der Waals surface area contributed by atoms with Crippen molar-refractivity contribution in [2.75, 3.05) is 129 Å². The fourth-order valence-corrected chi connectivity index (χ4v) is 6.77. The minimum absolute atomic E-state index is 0.713. The second-order valence-electron chi connectivity index (χ2n) is 15.5. The number of rotatable bonds is 9. The van der Waals surface area contributed by atoms with Crippen LogP contribution in [0.3, 0.4) is 0 Å². The van der Waals surface area contributed by atoms with E-state index in [9.17, 15) is 0 Å². The van der Waals surface area contributed by atoms with Crippen molar-refractivity contribution in [2.45, 2.75) is 0 Å². The molecule has 0 aliphatic carbocycles. The maximum Gasteiger partial charge on any atom is 0.143 e. The van der Waals surface area contributed by atoms with E-state index in [4.69, 9.17) is 15.0 Å². The second-order valence-corrected chi connectivity index (χ2v) is 15.5. The van der Waals surface area contributed by atoms with Gasteiger partial charge in [-0.3, -0.25) is 14.7 Å². The molecule has 0 saturated heterocycles. The van der Waals surface area contributed by atoms with Crippen molar-refractivity contribution in [1.29, 1.82) is 0 Å². The summed E-state index contributed by atoms with van der Waals surface area (Å²) in [6.07, 6.45) is 0.